The number of nitrogens with one attached hydrogen (secondary N) is 1. The highest BCUT2D eigenvalue weighted by Gasteiger charge is 2.16. The molecule has 0 amide bonds. The summed E-state index contributed by atoms with van der Waals surface area (Å²) < 4.78 is 0. The van der Waals surface area contributed by atoms with Gasteiger partial charge >= 0.3 is 0 Å². The van der Waals surface area contributed by atoms with Crippen LogP contribution in [0, 0.1) is 0 Å². The van der Waals surface area contributed by atoms with E-state index in [1.54, 1.807) is 0 Å². The molecule has 1 aromatic carbocycles. The third-order valence-electron chi connectivity index (χ3n) is 3.53. The lowest BCUT2D eigenvalue weighted by Crippen LogP contribution is -2.15. The molecule has 3 nitrogen and oxygen atoms in total. The highest BCUT2D eigenvalue weighted by atomic mass is 14.9. The van der Waals surface area contributed by atoms with Crippen molar-refractivity contribution in [3.05, 3.63) is 53.6 Å². The number of rotatable bonds is 5. The molecule has 3 heteroatoms. The standard InChI is InChI=1S/C15H21N3/c1-3-11(2)14-10-17-15(18-14)13(9-16)12-7-5-4-6-8-12/h4-8,10-11,13H,3,9,16H2,1-2H3,(H,17,18). The molecular weight excluding hydrogens is 222 g/mol. The van der Waals surface area contributed by atoms with Gasteiger partial charge in [-0.1, -0.05) is 44.2 Å². The van der Waals surface area contributed by atoms with Crippen LogP contribution in [-0.4, -0.2) is 16.5 Å². The summed E-state index contributed by atoms with van der Waals surface area (Å²) in [6, 6.07) is 10.3. The fourth-order valence-electron chi connectivity index (χ4n) is 2.09. The van der Waals surface area contributed by atoms with Gasteiger partial charge in [0, 0.05) is 18.4 Å². The number of hydrogen-bond acceptors (Lipinski definition) is 2. The molecule has 0 bridgehead atoms. The van der Waals surface area contributed by atoms with Crippen LogP contribution in [0.2, 0.25) is 0 Å². The van der Waals surface area contributed by atoms with Gasteiger partial charge in [-0.2, -0.15) is 0 Å². The number of hydrogen-bond donors (Lipinski definition) is 2. The van der Waals surface area contributed by atoms with E-state index in [0.717, 1.165) is 12.2 Å². The van der Waals surface area contributed by atoms with Crippen molar-refractivity contribution in [2.45, 2.75) is 32.1 Å². The molecule has 2 unspecified atom stereocenters. The second kappa shape index (κ2) is 5.83. The van der Waals surface area contributed by atoms with Crippen LogP contribution in [0.5, 0.6) is 0 Å². The zero-order valence-electron chi connectivity index (χ0n) is 11.1. The van der Waals surface area contributed by atoms with E-state index < -0.39 is 0 Å². The minimum absolute atomic E-state index is 0.156. The smallest absolute Gasteiger partial charge is 0.115 e. The Morgan fingerprint density at radius 2 is 2.00 bits per heavy atom. The molecule has 2 rings (SSSR count). The highest BCUT2D eigenvalue weighted by molar-refractivity contribution is 5.27. The van der Waals surface area contributed by atoms with Gasteiger partial charge in [0.1, 0.15) is 5.82 Å². The summed E-state index contributed by atoms with van der Waals surface area (Å²) in [6.07, 6.45) is 3.05. The van der Waals surface area contributed by atoms with Crippen LogP contribution in [0.3, 0.4) is 0 Å². The molecule has 0 aliphatic rings. The van der Waals surface area contributed by atoms with Gasteiger partial charge < -0.3 is 10.7 Å². The van der Waals surface area contributed by atoms with Crippen LogP contribution in [0.4, 0.5) is 0 Å². The SMILES string of the molecule is CCC(C)c1cnc(C(CN)c2ccccc2)[nH]1. The highest BCUT2D eigenvalue weighted by Crippen LogP contribution is 2.23. The third-order valence-corrected chi connectivity index (χ3v) is 3.53. The van der Waals surface area contributed by atoms with Gasteiger partial charge in [0.15, 0.2) is 0 Å². The second-order valence-corrected chi connectivity index (χ2v) is 4.73. The Bertz CT molecular complexity index is 475. The minimum Gasteiger partial charge on any atom is -0.345 e. The molecule has 0 fully saturated rings. The summed E-state index contributed by atoms with van der Waals surface area (Å²) in [7, 11) is 0. The van der Waals surface area contributed by atoms with Crippen LogP contribution in [0.25, 0.3) is 0 Å². The van der Waals surface area contributed by atoms with Crippen molar-refractivity contribution in [2.24, 2.45) is 5.73 Å². The zero-order chi connectivity index (χ0) is 13.0. The van der Waals surface area contributed by atoms with Gasteiger partial charge in [-0.3, -0.25) is 0 Å². The first-order valence-electron chi connectivity index (χ1n) is 6.56. The van der Waals surface area contributed by atoms with Gasteiger partial charge in [-0.25, -0.2) is 4.98 Å². The van der Waals surface area contributed by atoms with Crippen molar-refractivity contribution >= 4 is 0 Å². The van der Waals surface area contributed by atoms with Gasteiger partial charge in [-0.15, -0.1) is 0 Å². The predicted octanol–water partition coefficient (Wildman–Crippen LogP) is 3.01. The normalized spacial score (nSPS) is 14.4. The monoisotopic (exact) mass is 243 g/mol. The van der Waals surface area contributed by atoms with Crippen LogP contribution >= 0.6 is 0 Å². The molecule has 0 spiro atoms. The summed E-state index contributed by atoms with van der Waals surface area (Å²) in [4.78, 5) is 7.92. The summed E-state index contributed by atoms with van der Waals surface area (Å²) in [5, 5.41) is 0. The molecule has 0 aliphatic carbocycles. The Kier molecular flexibility index (Phi) is 4.15. The van der Waals surface area contributed by atoms with Crippen LogP contribution in [0.15, 0.2) is 36.5 Å². The first kappa shape index (κ1) is 12.8. The lowest BCUT2D eigenvalue weighted by Gasteiger charge is -2.12. The van der Waals surface area contributed by atoms with E-state index in [2.05, 4.69) is 35.9 Å². The Labute approximate surface area is 108 Å². The van der Waals surface area contributed by atoms with Crippen LogP contribution in [0.1, 0.15) is 49.2 Å². The number of aromatic amines is 1. The van der Waals surface area contributed by atoms with E-state index in [1.165, 1.54) is 11.3 Å². The van der Waals surface area contributed by atoms with Gasteiger partial charge in [-0.05, 0) is 17.9 Å². The average molecular weight is 243 g/mol. The van der Waals surface area contributed by atoms with Crippen molar-refractivity contribution in [1.29, 1.82) is 0 Å². The molecule has 0 saturated carbocycles. The number of H-pyrrole nitrogens is 1. The maximum Gasteiger partial charge on any atom is 0.115 e. The maximum absolute atomic E-state index is 5.89. The Hall–Kier alpha value is -1.61. The Balaban J connectivity index is 2.26. The Morgan fingerprint density at radius 1 is 1.28 bits per heavy atom. The summed E-state index contributed by atoms with van der Waals surface area (Å²) in [5.74, 6) is 1.64. The van der Waals surface area contributed by atoms with Gasteiger partial charge in [0.05, 0.1) is 5.92 Å². The molecule has 0 radical (unpaired) electrons. The number of benzene rings is 1. The van der Waals surface area contributed by atoms with Crippen molar-refractivity contribution < 1.29 is 0 Å². The van der Waals surface area contributed by atoms with Gasteiger partial charge in [0.25, 0.3) is 0 Å². The average Bonchev–Trinajstić information content (AvgIpc) is 2.89. The minimum atomic E-state index is 0.156. The van der Waals surface area contributed by atoms with E-state index in [-0.39, 0.29) is 5.92 Å². The van der Waals surface area contributed by atoms with Crippen molar-refractivity contribution in [2.75, 3.05) is 6.54 Å². The molecule has 3 N–H and O–H groups in total. The largest absolute Gasteiger partial charge is 0.345 e. The molecule has 1 heterocycles. The van der Waals surface area contributed by atoms with E-state index in [4.69, 9.17) is 5.73 Å². The molecule has 1 aromatic heterocycles. The molecule has 0 saturated heterocycles. The zero-order valence-corrected chi connectivity index (χ0v) is 11.1. The van der Waals surface area contributed by atoms with Crippen molar-refractivity contribution in [3.8, 4) is 0 Å². The van der Waals surface area contributed by atoms with E-state index in [1.807, 2.05) is 24.4 Å². The second-order valence-electron chi connectivity index (χ2n) is 4.73. The Morgan fingerprint density at radius 3 is 2.61 bits per heavy atom. The first-order chi connectivity index (χ1) is 8.76. The summed E-state index contributed by atoms with van der Waals surface area (Å²) >= 11 is 0. The third kappa shape index (κ3) is 2.62. The van der Waals surface area contributed by atoms with E-state index in [9.17, 15) is 0 Å². The number of imidazole rings is 1. The molecule has 96 valence electrons. The topological polar surface area (TPSA) is 54.7 Å². The number of nitrogens with zero attached hydrogens (tertiary/aromatic N) is 1. The number of nitrogens with two attached hydrogens (primary N) is 1. The van der Waals surface area contributed by atoms with Crippen molar-refractivity contribution in [1.82, 2.24) is 9.97 Å². The van der Waals surface area contributed by atoms with E-state index >= 15 is 0 Å². The predicted molar refractivity (Wildman–Crippen MR) is 74.6 cm³/mol. The van der Waals surface area contributed by atoms with Crippen molar-refractivity contribution in [3.63, 3.8) is 0 Å². The molecule has 2 atom stereocenters. The lowest BCUT2D eigenvalue weighted by molar-refractivity contribution is 0.700. The summed E-state index contributed by atoms with van der Waals surface area (Å²) in [6.45, 7) is 4.96. The summed E-state index contributed by atoms with van der Waals surface area (Å²) in [5.41, 5.74) is 8.30. The van der Waals surface area contributed by atoms with E-state index in [0.29, 0.717) is 12.5 Å². The molecule has 2 aromatic rings. The fraction of sp³-hybridized carbons (Fsp3) is 0.400. The molecular formula is C15H21N3. The molecule has 18 heavy (non-hydrogen) atoms. The fourth-order valence-corrected chi connectivity index (χ4v) is 2.09. The van der Waals surface area contributed by atoms with Crippen LogP contribution < -0.4 is 5.73 Å². The first-order valence-corrected chi connectivity index (χ1v) is 6.56. The quantitative estimate of drug-likeness (QED) is 0.848. The van der Waals surface area contributed by atoms with Gasteiger partial charge in [0.2, 0.25) is 0 Å². The lowest BCUT2D eigenvalue weighted by atomic mass is 9.99. The maximum atomic E-state index is 5.89. The number of aromatic nitrogens is 2. The van der Waals surface area contributed by atoms with Crippen LogP contribution in [-0.2, 0) is 0 Å². The molecule has 0 aliphatic heterocycles.